The fraction of sp³-hybridized carbons (Fsp3) is 0.250. The first kappa shape index (κ1) is 21.7. The van der Waals surface area contributed by atoms with Gasteiger partial charge in [-0.1, -0.05) is 72.4 Å². The van der Waals surface area contributed by atoms with Gasteiger partial charge in [0.15, 0.2) is 0 Å². The Morgan fingerprint density at radius 2 is 1.12 bits per heavy atom. The van der Waals surface area contributed by atoms with E-state index in [1.54, 1.807) is 0 Å². The van der Waals surface area contributed by atoms with E-state index >= 15 is 0 Å². The fourth-order valence-electron chi connectivity index (χ4n) is 4.26. The number of halogens is 2. The smallest absolute Gasteiger partial charge is 0.263 e. The normalized spacial score (nSPS) is 18.7. The maximum atomic E-state index is 13.1. The van der Waals surface area contributed by atoms with E-state index in [1.807, 2.05) is 48.5 Å². The van der Waals surface area contributed by atoms with Gasteiger partial charge in [-0.25, -0.2) is 0 Å². The van der Waals surface area contributed by atoms with E-state index in [2.05, 4.69) is 10.6 Å². The van der Waals surface area contributed by atoms with Crippen molar-refractivity contribution in [2.45, 2.75) is 37.8 Å². The third-order valence-corrected chi connectivity index (χ3v) is 9.23. The van der Waals surface area contributed by atoms with Crippen LogP contribution in [-0.2, 0) is 0 Å². The summed E-state index contributed by atoms with van der Waals surface area (Å²) < 4.78 is 1.96. The minimum Gasteiger partial charge on any atom is -0.346 e. The van der Waals surface area contributed by atoms with Crippen LogP contribution in [0.25, 0.3) is 20.2 Å². The van der Waals surface area contributed by atoms with Crippen molar-refractivity contribution in [2.24, 2.45) is 0 Å². The van der Waals surface area contributed by atoms with Crippen molar-refractivity contribution >= 4 is 77.9 Å². The van der Waals surface area contributed by atoms with Gasteiger partial charge < -0.3 is 10.6 Å². The van der Waals surface area contributed by atoms with Crippen LogP contribution >= 0.6 is 45.9 Å². The number of benzene rings is 2. The highest BCUT2D eigenvalue weighted by atomic mass is 35.5. The highest BCUT2D eigenvalue weighted by Gasteiger charge is 2.30. The zero-order chi connectivity index (χ0) is 22.2. The number of thiophene rings is 2. The average molecular weight is 503 g/mol. The maximum Gasteiger partial charge on any atom is 0.263 e. The Labute approximate surface area is 203 Å². The molecule has 1 aliphatic rings. The summed E-state index contributed by atoms with van der Waals surface area (Å²) in [5, 5.41) is 8.99. The molecule has 5 rings (SSSR count). The number of carbonyl (C=O) groups is 2. The van der Waals surface area contributed by atoms with Gasteiger partial charge >= 0.3 is 0 Å². The maximum absolute atomic E-state index is 13.1. The van der Waals surface area contributed by atoms with E-state index in [0.29, 0.717) is 19.8 Å². The molecule has 2 amide bonds. The first-order valence-electron chi connectivity index (χ1n) is 10.5. The predicted molar refractivity (Wildman–Crippen MR) is 135 cm³/mol. The van der Waals surface area contributed by atoms with Crippen LogP contribution in [0, 0.1) is 0 Å². The molecule has 8 heteroatoms. The quantitative estimate of drug-likeness (QED) is 0.319. The number of rotatable bonds is 4. The lowest BCUT2D eigenvalue weighted by molar-refractivity contribution is 0.0867. The Bertz CT molecular complexity index is 1230. The molecule has 0 bridgehead atoms. The van der Waals surface area contributed by atoms with Crippen LogP contribution in [0.4, 0.5) is 0 Å². The standard InChI is InChI=1S/C24H20Cl2N2O2S2/c25-19-13-7-1-5-11-17(13)31-21(19)23(29)27-15-9-3-4-10-16(15)28-24(30)22-20(26)14-8-2-6-12-18(14)32-22/h1-2,5-8,11-12,15-16H,3-4,9-10H2,(H,27,29)(H,28,30)/t15-,16+. The summed E-state index contributed by atoms with van der Waals surface area (Å²) in [5.74, 6) is -0.385. The van der Waals surface area contributed by atoms with Crippen LogP contribution in [0.1, 0.15) is 45.0 Å². The number of carbonyl (C=O) groups excluding carboxylic acids is 2. The van der Waals surface area contributed by atoms with Gasteiger partial charge in [0.25, 0.3) is 11.8 Å². The molecular formula is C24H20Cl2N2O2S2. The molecular weight excluding hydrogens is 483 g/mol. The molecule has 32 heavy (non-hydrogen) atoms. The summed E-state index contributed by atoms with van der Waals surface area (Å²) in [7, 11) is 0. The summed E-state index contributed by atoms with van der Waals surface area (Å²) in [4.78, 5) is 27.1. The fourth-order valence-corrected chi connectivity index (χ4v) is 7.10. The molecule has 4 nitrogen and oxygen atoms in total. The summed E-state index contributed by atoms with van der Waals surface area (Å²) in [5.41, 5.74) is 0. The van der Waals surface area contributed by atoms with Crippen molar-refractivity contribution in [3.05, 3.63) is 68.3 Å². The summed E-state index contributed by atoms with van der Waals surface area (Å²) in [6, 6.07) is 15.1. The topological polar surface area (TPSA) is 58.2 Å². The predicted octanol–water partition coefficient (Wildman–Crippen LogP) is 6.89. The number of hydrogen-bond donors (Lipinski definition) is 2. The van der Waals surface area contributed by atoms with Crippen molar-refractivity contribution < 1.29 is 9.59 Å². The Hall–Kier alpha value is -2.12. The SMILES string of the molecule is O=C(N[C@H]1CCCC[C@H]1NC(=O)c1sc2ccccc2c1Cl)c1sc2ccccc2c1Cl. The van der Waals surface area contributed by atoms with Crippen molar-refractivity contribution in [2.75, 3.05) is 0 Å². The Morgan fingerprint density at radius 1 is 0.719 bits per heavy atom. The lowest BCUT2D eigenvalue weighted by atomic mass is 9.90. The second kappa shape index (κ2) is 9.02. The Morgan fingerprint density at radius 3 is 1.53 bits per heavy atom. The second-order valence-electron chi connectivity index (χ2n) is 7.93. The number of fused-ring (bicyclic) bond motifs is 2. The summed E-state index contributed by atoms with van der Waals surface area (Å²) >= 11 is 15.8. The number of amides is 2. The van der Waals surface area contributed by atoms with Crippen LogP contribution in [0.3, 0.4) is 0 Å². The second-order valence-corrected chi connectivity index (χ2v) is 10.8. The van der Waals surface area contributed by atoms with Crippen LogP contribution in [0.2, 0.25) is 10.0 Å². The third-order valence-electron chi connectivity index (χ3n) is 5.88. The van der Waals surface area contributed by atoms with Gasteiger partial charge in [-0.15, -0.1) is 22.7 Å². The molecule has 4 aromatic rings. The Balaban J connectivity index is 1.34. The lowest BCUT2D eigenvalue weighted by Crippen LogP contribution is -2.53. The molecule has 0 radical (unpaired) electrons. The zero-order valence-electron chi connectivity index (χ0n) is 17.0. The molecule has 1 fully saturated rings. The van der Waals surface area contributed by atoms with Crippen molar-refractivity contribution in [1.82, 2.24) is 10.6 Å². The summed E-state index contributed by atoms with van der Waals surface area (Å²) in [6.07, 6.45) is 3.61. The molecule has 1 aliphatic carbocycles. The highest BCUT2D eigenvalue weighted by molar-refractivity contribution is 7.22. The molecule has 2 heterocycles. The van der Waals surface area contributed by atoms with Gasteiger partial charge in [0.1, 0.15) is 9.75 Å². The van der Waals surface area contributed by atoms with Gasteiger partial charge in [-0.05, 0) is 25.0 Å². The number of hydrogen-bond acceptors (Lipinski definition) is 4. The van der Waals surface area contributed by atoms with Gasteiger partial charge in [0.2, 0.25) is 0 Å². The lowest BCUT2D eigenvalue weighted by Gasteiger charge is -2.32. The molecule has 2 aromatic carbocycles. The molecule has 0 spiro atoms. The van der Waals surface area contributed by atoms with E-state index < -0.39 is 0 Å². The van der Waals surface area contributed by atoms with Gasteiger partial charge in [0, 0.05) is 32.3 Å². The van der Waals surface area contributed by atoms with Crippen LogP contribution in [0.15, 0.2) is 48.5 Å². The monoisotopic (exact) mass is 502 g/mol. The summed E-state index contributed by atoms with van der Waals surface area (Å²) in [6.45, 7) is 0. The van der Waals surface area contributed by atoms with Crippen molar-refractivity contribution in [1.29, 1.82) is 0 Å². The van der Waals surface area contributed by atoms with E-state index in [0.717, 1.165) is 45.9 Å². The molecule has 1 saturated carbocycles. The van der Waals surface area contributed by atoms with Gasteiger partial charge in [0.05, 0.1) is 10.0 Å². The molecule has 0 aliphatic heterocycles. The average Bonchev–Trinajstić information content (AvgIpc) is 3.33. The molecule has 0 saturated heterocycles. The van der Waals surface area contributed by atoms with Crippen molar-refractivity contribution in [3.8, 4) is 0 Å². The zero-order valence-corrected chi connectivity index (χ0v) is 20.1. The first-order valence-corrected chi connectivity index (χ1v) is 12.9. The first-order chi connectivity index (χ1) is 15.5. The largest absolute Gasteiger partial charge is 0.346 e. The van der Waals surface area contributed by atoms with Crippen LogP contribution < -0.4 is 10.6 Å². The van der Waals surface area contributed by atoms with E-state index in [4.69, 9.17) is 23.2 Å². The molecule has 0 unspecified atom stereocenters. The highest BCUT2D eigenvalue weighted by Crippen LogP contribution is 2.36. The Kier molecular flexibility index (Phi) is 6.12. The number of nitrogens with one attached hydrogen (secondary N) is 2. The third kappa shape index (κ3) is 4.01. The van der Waals surface area contributed by atoms with Crippen LogP contribution in [0.5, 0.6) is 0 Å². The molecule has 164 valence electrons. The molecule has 2 N–H and O–H groups in total. The van der Waals surface area contributed by atoms with Gasteiger partial charge in [-0.3, -0.25) is 9.59 Å². The minimum atomic E-state index is -0.192. The van der Waals surface area contributed by atoms with E-state index in [9.17, 15) is 9.59 Å². The van der Waals surface area contributed by atoms with Crippen LogP contribution in [-0.4, -0.2) is 23.9 Å². The molecule has 2 atom stereocenters. The van der Waals surface area contributed by atoms with E-state index in [-0.39, 0.29) is 23.9 Å². The van der Waals surface area contributed by atoms with E-state index in [1.165, 1.54) is 22.7 Å². The molecule has 2 aromatic heterocycles. The minimum absolute atomic E-state index is 0.158. The van der Waals surface area contributed by atoms with Gasteiger partial charge in [-0.2, -0.15) is 0 Å². The van der Waals surface area contributed by atoms with Crippen molar-refractivity contribution in [3.63, 3.8) is 0 Å².